The molecule has 6 heteroatoms. The highest BCUT2D eigenvalue weighted by Crippen LogP contribution is 2.22. The average Bonchev–Trinajstić information content (AvgIpc) is 2.39. The Kier molecular flexibility index (Phi) is 3.41. The maximum absolute atomic E-state index is 12.3. The Morgan fingerprint density at radius 2 is 1.95 bits per heavy atom. The van der Waals surface area contributed by atoms with E-state index < -0.39 is 11.2 Å². The summed E-state index contributed by atoms with van der Waals surface area (Å²) in [5.74, 6) is 0.599. The number of ether oxygens (including phenoxy) is 1. The lowest BCUT2D eigenvalue weighted by molar-refractivity contribution is 0.412. The fraction of sp³-hybridized carbons (Fsp3) is 0.231. The van der Waals surface area contributed by atoms with Crippen molar-refractivity contribution in [3.63, 3.8) is 0 Å². The molecule has 1 heterocycles. The monoisotopic (exact) mass is 261 g/mol. The van der Waals surface area contributed by atoms with Crippen molar-refractivity contribution in [1.29, 1.82) is 0 Å². The molecule has 6 nitrogen and oxygen atoms in total. The lowest BCUT2D eigenvalue weighted by atomic mass is 10.3. The van der Waals surface area contributed by atoms with Crippen molar-refractivity contribution < 1.29 is 4.74 Å². The highest BCUT2D eigenvalue weighted by molar-refractivity contribution is 5.51. The van der Waals surface area contributed by atoms with Gasteiger partial charge in [-0.05, 0) is 19.1 Å². The number of hydrogen-bond donors (Lipinski definition) is 1. The molecule has 0 fully saturated rings. The third-order valence-electron chi connectivity index (χ3n) is 2.86. The van der Waals surface area contributed by atoms with Gasteiger partial charge in [0.05, 0.1) is 12.8 Å². The zero-order chi connectivity index (χ0) is 14.0. The third kappa shape index (κ3) is 2.12. The van der Waals surface area contributed by atoms with Gasteiger partial charge >= 0.3 is 5.69 Å². The second-order valence-corrected chi connectivity index (χ2v) is 3.94. The van der Waals surface area contributed by atoms with E-state index in [0.29, 0.717) is 11.4 Å². The summed E-state index contributed by atoms with van der Waals surface area (Å²) < 4.78 is 7.59. The maximum atomic E-state index is 12.3. The van der Waals surface area contributed by atoms with Crippen molar-refractivity contribution in [2.45, 2.75) is 13.5 Å². The first-order valence-corrected chi connectivity index (χ1v) is 5.86. The van der Waals surface area contributed by atoms with Crippen molar-refractivity contribution in [3.05, 3.63) is 51.2 Å². The summed E-state index contributed by atoms with van der Waals surface area (Å²) >= 11 is 0. The number of methoxy groups -OCH3 is 1. The number of hydrogen-bond acceptors (Lipinski definition) is 4. The molecule has 2 rings (SSSR count). The highest BCUT2D eigenvalue weighted by atomic mass is 16.5. The molecule has 2 N–H and O–H groups in total. The van der Waals surface area contributed by atoms with Crippen LogP contribution in [0.2, 0.25) is 0 Å². The molecule has 0 aliphatic heterocycles. The Hall–Kier alpha value is -2.50. The molecular formula is C13H15N3O3. The fourth-order valence-electron chi connectivity index (χ4n) is 1.94. The minimum absolute atomic E-state index is 0.0872. The van der Waals surface area contributed by atoms with Gasteiger partial charge in [0.25, 0.3) is 5.56 Å². The van der Waals surface area contributed by atoms with Gasteiger partial charge in [0.2, 0.25) is 0 Å². The number of nitrogen functional groups attached to an aromatic ring is 1. The van der Waals surface area contributed by atoms with E-state index in [1.807, 2.05) is 0 Å². The lowest BCUT2D eigenvalue weighted by Crippen LogP contribution is -2.39. The van der Waals surface area contributed by atoms with E-state index in [1.165, 1.54) is 17.7 Å². The second-order valence-electron chi connectivity index (χ2n) is 3.94. The van der Waals surface area contributed by atoms with Gasteiger partial charge in [-0.3, -0.25) is 9.36 Å². The Labute approximate surface area is 109 Å². The van der Waals surface area contributed by atoms with Crippen LogP contribution in [0.15, 0.2) is 39.9 Å². The first-order valence-electron chi connectivity index (χ1n) is 5.86. The van der Waals surface area contributed by atoms with Gasteiger partial charge in [-0.1, -0.05) is 12.1 Å². The Bertz CT molecular complexity index is 716. The molecule has 0 aliphatic carbocycles. The van der Waals surface area contributed by atoms with Gasteiger partial charge in [-0.15, -0.1) is 0 Å². The molecule has 100 valence electrons. The summed E-state index contributed by atoms with van der Waals surface area (Å²) in [6.07, 6.45) is 0. The summed E-state index contributed by atoms with van der Waals surface area (Å²) in [6, 6.07) is 8.23. The minimum Gasteiger partial charge on any atom is -0.495 e. The Morgan fingerprint density at radius 3 is 2.58 bits per heavy atom. The van der Waals surface area contributed by atoms with Crippen LogP contribution in [0.3, 0.4) is 0 Å². The van der Waals surface area contributed by atoms with E-state index in [1.54, 1.807) is 31.2 Å². The first-order chi connectivity index (χ1) is 9.10. The number of benzene rings is 1. The van der Waals surface area contributed by atoms with Crippen LogP contribution in [0.4, 0.5) is 5.82 Å². The summed E-state index contributed by atoms with van der Waals surface area (Å²) in [7, 11) is 1.51. The molecule has 0 aliphatic rings. The zero-order valence-electron chi connectivity index (χ0n) is 10.8. The number of anilines is 1. The van der Waals surface area contributed by atoms with E-state index in [4.69, 9.17) is 10.5 Å². The number of rotatable bonds is 3. The number of para-hydroxylation sites is 2. The zero-order valence-corrected chi connectivity index (χ0v) is 10.8. The number of nitrogens with zero attached hydrogens (tertiary/aromatic N) is 2. The smallest absolute Gasteiger partial charge is 0.337 e. The van der Waals surface area contributed by atoms with Crippen LogP contribution in [-0.2, 0) is 6.54 Å². The standard InChI is InChI=1S/C13H15N3O3/c1-3-15-12(17)8-11(14)16(13(15)18)9-6-4-5-7-10(9)19-2/h4-8H,3,14H2,1-2H3. The summed E-state index contributed by atoms with van der Waals surface area (Å²) in [4.78, 5) is 24.0. The normalized spacial score (nSPS) is 10.4. The predicted molar refractivity (Wildman–Crippen MR) is 72.9 cm³/mol. The van der Waals surface area contributed by atoms with Crippen LogP contribution in [0.5, 0.6) is 5.75 Å². The van der Waals surface area contributed by atoms with Crippen molar-refractivity contribution in [2.24, 2.45) is 0 Å². The Morgan fingerprint density at radius 1 is 1.26 bits per heavy atom. The van der Waals surface area contributed by atoms with Crippen LogP contribution >= 0.6 is 0 Å². The van der Waals surface area contributed by atoms with E-state index in [9.17, 15) is 9.59 Å². The fourth-order valence-corrected chi connectivity index (χ4v) is 1.94. The van der Waals surface area contributed by atoms with E-state index in [-0.39, 0.29) is 12.4 Å². The van der Waals surface area contributed by atoms with Crippen molar-refractivity contribution >= 4 is 5.82 Å². The van der Waals surface area contributed by atoms with Gasteiger partial charge < -0.3 is 10.5 Å². The molecule has 1 aromatic carbocycles. The van der Waals surface area contributed by atoms with Crippen LogP contribution < -0.4 is 21.7 Å². The first kappa shape index (κ1) is 12.9. The highest BCUT2D eigenvalue weighted by Gasteiger charge is 2.13. The molecular weight excluding hydrogens is 246 g/mol. The number of aromatic nitrogens is 2. The second kappa shape index (κ2) is 5.01. The molecule has 2 aromatic rings. The maximum Gasteiger partial charge on any atom is 0.337 e. The van der Waals surface area contributed by atoms with Gasteiger partial charge in [0.1, 0.15) is 11.6 Å². The Balaban J connectivity index is 2.83. The van der Waals surface area contributed by atoms with Gasteiger partial charge in [0, 0.05) is 12.6 Å². The van der Waals surface area contributed by atoms with Gasteiger partial charge in [0.15, 0.2) is 0 Å². The minimum atomic E-state index is -0.475. The van der Waals surface area contributed by atoms with E-state index in [0.717, 1.165) is 4.57 Å². The van der Waals surface area contributed by atoms with Crippen LogP contribution in [0.1, 0.15) is 6.92 Å². The van der Waals surface area contributed by atoms with Crippen LogP contribution in [-0.4, -0.2) is 16.2 Å². The lowest BCUT2D eigenvalue weighted by Gasteiger charge is -2.14. The summed E-state index contributed by atoms with van der Waals surface area (Å²) in [6.45, 7) is 2.01. The quantitative estimate of drug-likeness (QED) is 0.878. The molecule has 0 spiro atoms. The SMILES string of the molecule is CCn1c(=O)cc(N)n(-c2ccccc2OC)c1=O. The third-order valence-corrected chi connectivity index (χ3v) is 2.86. The molecule has 0 radical (unpaired) electrons. The van der Waals surface area contributed by atoms with Crippen molar-refractivity contribution in [1.82, 2.24) is 9.13 Å². The average molecular weight is 261 g/mol. The molecule has 0 unspecified atom stereocenters. The summed E-state index contributed by atoms with van der Waals surface area (Å²) in [5, 5.41) is 0. The summed E-state index contributed by atoms with van der Waals surface area (Å²) in [5.41, 5.74) is 5.42. The molecule has 0 bridgehead atoms. The van der Waals surface area contributed by atoms with E-state index >= 15 is 0 Å². The van der Waals surface area contributed by atoms with Gasteiger partial charge in [-0.2, -0.15) is 0 Å². The predicted octanol–water partition coefficient (Wildman–Crippen LogP) is 0.610. The van der Waals surface area contributed by atoms with Crippen molar-refractivity contribution in [2.75, 3.05) is 12.8 Å². The van der Waals surface area contributed by atoms with E-state index in [2.05, 4.69) is 0 Å². The molecule has 0 saturated heterocycles. The van der Waals surface area contributed by atoms with Crippen LogP contribution in [0, 0.1) is 0 Å². The molecule has 0 atom stereocenters. The van der Waals surface area contributed by atoms with Crippen LogP contribution in [0.25, 0.3) is 5.69 Å². The number of nitrogens with two attached hydrogens (primary N) is 1. The van der Waals surface area contributed by atoms with Gasteiger partial charge in [-0.25, -0.2) is 9.36 Å². The molecule has 0 amide bonds. The molecule has 0 saturated carbocycles. The molecule has 1 aromatic heterocycles. The topological polar surface area (TPSA) is 79.2 Å². The van der Waals surface area contributed by atoms with Crippen molar-refractivity contribution in [3.8, 4) is 11.4 Å². The largest absolute Gasteiger partial charge is 0.495 e. The molecule has 19 heavy (non-hydrogen) atoms.